The quantitative estimate of drug-likeness (QED) is 0.842. The minimum atomic E-state index is 0.443. The fourth-order valence-electron chi connectivity index (χ4n) is 2.73. The molecule has 17 heavy (non-hydrogen) atoms. The molecule has 4 heteroatoms. The largest absolute Gasteiger partial charge is 0.336 e. The lowest BCUT2D eigenvalue weighted by Crippen LogP contribution is -2.42. The van der Waals surface area contributed by atoms with Crippen molar-refractivity contribution in [2.24, 2.45) is 5.73 Å². The number of hydrogen-bond acceptors (Lipinski definition) is 3. The highest BCUT2D eigenvalue weighted by Gasteiger charge is 2.22. The Hall–Kier alpha value is -0.870. The van der Waals surface area contributed by atoms with E-state index in [1.165, 1.54) is 25.7 Å². The summed E-state index contributed by atoms with van der Waals surface area (Å²) < 4.78 is 2.15. The van der Waals surface area contributed by atoms with Gasteiger partial charge in [-0.3, -0.25) is 4.90 Å². The molecule has 0 aliphatic heterocycles. The number of likely N-dealkylation sites (N-methyl/N-ethyl adjacent to an activating group) is 1. The predicted octanol–water partition coefficient (Wildman–Crippen LogP) is 1.47. The molecule has 0 amide bonds. The third kappa shape index (κ3) is 3.54. The summed E-state index contributed by atoms with van der Waals surface area (Å²) in [6.07, 6.45) is 10.7. The van der Waals surface area contributed by atoms with Crippen LogP contribution in [0, 0.1) is 0 Å². The van der Waals surface area contributed by atoms with Crippen molar-refractivity contribution in [3.8, 4) is 0 Å². The van der Waals surface area contributed by atoms with E-state index in [0.717, 1.165) is 25.7 Å². The number of nitrogens with two attached hydrogens (primary N) is 1. The summed E-state index contributed by atoms with van der Waals surface area (Å²) in [4.78, 5) is 6.67. The molecule has 1 saturated carbocycles. The molecule has 96 valence electrons. The first-order chi connectivity index (χ1) is 8.29. The smallest absolute Gasteiger partial charge is 0.0946 e. The molecule has 0 atom stereocenters. The van der Waals surface area contributed by atoms with E-state index < -0.39 is 0 Å². The standard InChI is InChI=1S/C13H24N4/c1-2-17(10-9-16-8-7-15-11-16)13-5-3-12(14)4-6-13/h7-8,11-13H,2-6,9-10,14H2,1H3. The van der Waals surface area contributed by atoms with Gasteiger partial charge in [0.15, 0.2) is 0 Å². The molecule has 4 nitrogen and oxygen atoms in total. The molecule has 2 rings (SSSR count). The Morgan fingerprint density at radius 2 is 2.12 bits per heavy atom. The number of imidazole rings is 1. The predicted molar refractivity (Wildman–Crippen MR) is 69.7 cm³/mol. The van der Waals surface area contributed by atoms with Gasteiger partial charge in [-0.05, 0) is 32.2 Å². The Kier molecular flexibility index (Phi) is 4.57. The van der Waals surface area contributed by atoms with Gasteiger partial charge >= 0.3 is 0 Å². The second kappa shape index (κ2) is 6.17. The Labute approximate surface area is 104 Å². The highest BCUT2D eigenvalue weighted by molar-refractivity contribution is 4.81. The zero-order chi connectivity index (χ0) is 12.1. The molecule has 0 aromatic carbocycles. The molecule has 0 spiro atoms. The van der Waals surface area contributed by atoms with Crippen LogP contribution in [0.2, 0.25) is 0 Å². The van der Waals surface area contributed by atoms with Gasteiger partial charge in [0.05, 0.1) is 6.33 Å². The molecule has 0 radical (unpaired) electrons. The Morgan fingerprint density at radius 3 is 2.71 bits per heavy atom. The van der Waals surface area contributed by atoms with Gasteiger partial charge in [-0.25, -0.2) is 4.98 Å². The van der Waals surface area contributed by atoms with Crippen molar-refractivity contribution in [3.63, 3.8) is 0 Å². The van der Waals surface area contributed by atoms with Crippen molar-refractivity contribution < 1.29 is 0 Å². The topological polar surface area (TPSA) is 47.1 Å². The van der Waals surface area contributed by atoms with Gasteiger partial charge in [-0.2, -0.15) is 0 Å². The summed E-state index contributed by atoms with van der Waals surface area (Å²) >= 11 is 0. The van der Waals surface area contributed by atoms with Crippen molar-refractivity contribution in [2.45, 2.75) is 51.2 Å². The monoisotopic (exact) mass is 236 g/mol. The maximum atomic E-state index is 5.96. The lowest BCUT2D eigenvalue weighted by Gasteiger charge is -2.35. The summed E-state index contributed by atoms with van der Waals surface area (Å²) in [6.45, 7) is 5.54. The first-order valence-electron chi connectivity index (χ1n) is 6.75. The van der Waals surface area contributed by atoms with Crippen LogP contribution in [0.15, 0.2) is 18.7 Å². The number of nitrogens with zero attached hydrogens (tertiary/aromatic N) is 3. The molecule has 1 aromatic heterocycles. The Balaban J connectivity index is 1.80. The van der Waals surface area contributed by atoms with E-state index in [4.69, 9.17) is 5.73 Å². The average Bonchev–Trinajstić information content (AvgIpc) is 2.85. The zero-order valence-electron chi connectivity index (χ0n) is 10.8. The van der Waals surface area contributed by atoms with Gasteiger partial charge in [0, 0.05) is 37.6 Å². The molecule has 1 aliphatic rings. The van der Waals surface area contributed by atoms with Crippen molar-refractivity contribution in [1.82, 2.24) is 14.5 Å². The van der Waals surface area contributed by atoms with Crippen LogP contribution in [-0.4, -0.2) is 39.6 Å². The summed E-state index contributed by atoms with van der Waals surface area (Å²) in [5.41, 5.74) is 5.96. The van der Waals surface area contributed by atoms with E-state index in [-0.39, 0.29) is 0 Å². The van der Waals surface area contributed by atoms with Crippen molar-refractivity contribution in [3.05, 3.63) is 18.7 Å². The molecule has 1 aliphatic carbocycles. The Morgan fingerprint density at radius 1 is 1.35 bits per heavy atom. The Bertz CT molecular complexity index is 301. The maximum absolute atomic E-state index is 5.96. The number of hydrogen-bond donors (Lipinski definition) is 1. The zero-order valence-corrected chi connectivity index (χ0v) is 10.8. The van der Waals surface area contributed by atoms with E-state index >= 15 is 0 Å². The SMILES string of the molecule is CCN(CCn1ccnc1)C1CCC(N)CC1. The van der Waals surface area contributed by atoms with Gasteiger partial charge in [0.2, 0.25) is 0 Å². The third-order valence-electron chi connectivity index (χ3n) is 3.87. The van der Waals surface area contributed by atoms with Crippen LogP contribution in [0.5, 0.6) is 0 Å². The van der Waals surface area contributed by atoms with Crippen LogP contribution in [0.3, 0.4) is 0 Å². The molecule has 1 heterocycles. The highest BCUT2D eigenvalue weighted by atomic mass is 15.2. The van der Waals surface area contributed by atoms with Crippen LogP contribution in [0.25, 0.3) is 0 Å². The maximum Gasteiger partial charge on any atom is 0.0946 e. The highest BCUT2D eigenvalue weighted by Crippen LogP contribution is 2.21. The second-order valence-electron chi connectivity index (χ2n) is 5.00. The number of rotatable bonds is 5. The van der Waals surface area contributed by atoms with E-state index in [0.29, 0.717) is 6.04 Å². The van der Waals surface area contributed by atoms with Crippen LogP contribution < -0.4 is 5.73 Å². The lowest BCUT2D eigenvalue weighted by molar-refractivity contribution is 0.151. The molecule has 0 saturated heterocycles. The molecule has 2 N–H and O–H groups in total. The molecule has 0 unspecified atom stereocenters. The molecule has 0 bridgehead atoms. The van der Waals surface area contributed by atoms with Crippen molar-refractivity contribution in [2.75, 3.05) is 13.1 Å². The lowest BCUT2D eigenvalue weighted by atomic mass is 9.91. The van der Waals surface area contributed by atoms with E-state index in [1.807, 2.05) is 18.7 Å². The molecular formula is C13H24N4. The first-order valence-corrected chi connectivity index (χ1v) is 6.75. The summed E-state index contributed by atoms with van der Waals surface area (Å²) in [7, 11) is 0. The summed E-state index contributed by atoms with van der Waals surface area (Å²) in [5, 5.41) is 0. The van der Waals surface area contributed by atoms with Crippen LogP contribution in [0.1, 0.15) is 32.6 Å². The van der Waals surface area contributed by atoms with Gasteiger partial charge < -0.3 is 10.3 Å². The van der Waals surface area contributed by atoms with Gasteiger partial charge in [-0.15, -0.1) is 0 Å². The first kappa shape index (κ1) is 12.6. The third-order valence-corrected chi connectivity index (χ3v) is 3.87. The minimum absolute atomic E-state index is 0.443. The fraction of sp³-hybridized carbons (Fsp3) is 0.769. The summed E-state index contributed by atoms with van der Waals surface area (Å²) in [5.74, 6) is 0. The van der Waals surface area contributed by atoms with Crippen LogP contribution in [-0.2, 0) is 6.54 Å². The van der Waals surface area contributed by atoms with E-state index in [1.54, 1.807) is 0 Å². The molecule has 1 aromatic rings. The average molecular weight is 236 g/mol. The molecular weight excluding hydrogens is 212 g/mol. The molecule has 1 fully saturated rings. The van der Waals surface area contributed by atoms with Crippen molar-refractivity contribution >= 4 is 0 Å². The minimum Gasteiger partial charge on any atom is -0.336 e. The normalized spacial score (nSPS) is 25.4. The van der Waals surface area contributed by atoms with E-state index in [9.17, 15) is 0 Å². The van der Waals surface area contributed by atoms with Crippen molar-refractivity contribution in [1.29, 1.82) is 0 Å². The van der Waals surface area contributed by atoms with Gasteiger partial charge in [0.25, 0.3) is 0 Å². The summed E-state index contributed by atoms with van der Waals surface area (Å²) in [6, 6.07) is 1.18. The van der Waals surface area contributed by atoms with E-state index in [2.05, 4.69) is 21.4 Å². The van der Waals surface area contributed by atoms with Crippen LogP contribution >= 0.6 is 0 Å². The van der Waals surface area contributed by atoms with Gasteiger partial charge in [-0.1, -0.05) is 6.92 Å². The van der Waals surface area contributed by atoms with Crippen LogP contribution in [0.4, 0.5) is 0 Å². The fourth-order valence-corrected chi connectivity index (χ4v) is 2.73. The second-order valence-corrected chi connectivity index (χ2v) is 5.00. The number of aromatic nitrogens is 2. The van der Waals surface area contributed by atoms with Gasteiger partial charge in [0.1, 0.15) is 0 Å².